The van der Waals surface area contributed by atoms with E-state index >= 15 is 0 Å². The van der Waals surface area contributed by atoms with Crippen molar-refractivity contribution in [2.45, 2.75) is 55.0 Å². The monoisotopic (exact) mass is 397 g/mol. The molecule has 2 aliphatic rings. The van der Waals surface area contributed by atoms with Gasteiger partial charge in [0.25, 0.3) is 0 Å². The molecule has 0 atom stereocenters. The highest BCUT2D eigenvalue weighted by Gasteiger charge is 2.32. The first-order valence-corrected chi connectivity index (χ1v) is 11.5. The van der Waals surface area contributed by atoms with Gasteiger partial charge >= 0.3 is 0 Å². The van der Waals surface area contributed by atoms with Crippen LogP contribution in [0.2, 0.25) is 0 Å². The van der Waals surface area contributed by atoms with Crippen LogP contribution in [0.25, 0.3) is 0 Å². The average Bonchev–Trinajstić information content (AvgIpc) is 2.80. The minimum absolute atomic E-state index is 0.0664. The zero-order chi connectivity index (χ0) is 18.9. The highest BCUT2D eigenvalue weighted by Crippen LogP contribution is 2.34. The topological polar surface area (TPSA) is 69.7 Å². The van der Waals surface area contributed by atoms with Crippen LogP contribution >= 0.6 is 11.8 Å². The molecular formula is C18H27N3O3S2. The summed E-state index contributed by atoms with van der Waals surface area (Å²) in [5.41, 5.74) is 0.605. The van der Waals surface area contributed by atoms with E-state index in [1.165, 1.54) is 0 Å². The Morgan fingerprint density at radius 2 is 1.96 bits per heavy atom. The Balaban J connectivity index is 1.76. The molecule has 0 spiro atoms. The molecular weight excluding hydrogens is 370 g/mol. The maximum atomic E-state index is 13.0. The fraction of sp³-hybridized carbons (Fsp3) is 0.611. The van der Waals surface area contributed by atoms with Crippen LogP contribution in [-0.4, -0.2) is 61.5 Å². The molecule has 8 heteroatoms. The third kappa shape index (κ3) is 4.08. The summed E-state index contributed by atoms with van der Waals surface area (Å²) >= 11 is 1.58. The molecule has 3 rings (SSSR count). The average molecular weight is 398 g/mol. The lowest BCUT2D eigenvalue weighted by Crippen LogP contribution is -2.47. The van der Waals surface area contributed by atoms with Crippen molar-refractivity contribution in [3.8, 4) is 0 Å². The summed E-state index contributed by atoms with van der Waals surface area (Å²) in [4.78, 5) is 15.3. The molecule has 1 N–H and O–H groups in total. The second kappa shape index (κ2) is 7.88. The number of hydrogen-bond donors (Lipinski definition) is 1. The van der Waals surface area contributed by atoms with E-state index in [1.807, 2.05) is 0 Å². The molecule has 0 bridgehead atoms. The largest absolute Gasteiger partial charge is 0.325 e. The molecule has 0 aromatic heterocycles. The fourth-order valence-corrected chi connectivity index (χ4v) is 5.85. The third-order valence-electron chi connectivity index (χ3n) is 5.26. The number of thioether (sulfide) groups is 1. The van der Waals surface area contributed by atoms with Gasteiger partial charge in [0.05, 0.1) is 10.6 Å². The summed E-state index contributed by atoms with van der Waals surface area (Å²) in [6.45, 7) is 5.38. The molecule has 26 heavy (non-hydrogen) atoms. The van der Waals surface area contributed by atoms with Crippen molar-refractivity contribution in [2.24, 2.45) is 0 Å². The number of nitrogens with one attached hydrogen (secondary N) is 1. The third-order valence-corrected chi connectivity index (χ3v) is 8.23. The predicted octanol–water partition coefficient (Wildman–Crippen LogP) is 2.61. The maximum Gasteiger partial charge on any atom is 0.243 e. The number of benzene rings is 1. The van der Waals surface area contributed by atoms with Crippen LogP contribution in [0.5, 0.6) is 0 Å². The van der Waals surface area contributed by atoms with Gasteiger partial charge in [-0.1, -0.05) is 0 Å². The van der Waals surface area contributed by atoms with Crippen LogP contribution in [0.15, 0.2) is 28.0 Å². The molecule has 6 nitrogen and oxygen atoms in total. The number of carbonyl (C=O) groups excluding carboxylic acids is 1. The molecule has 2 aliphatic heterocycles. The zero-order valence-corrected chi connectivity index (χ0v) is 17.2. The molecule has 0 unspecified atom stereocenters. The number of nitrogens with zero attached hydrogens (tertiary/aromatic N) is 2. The van der Waals surface area contributed by atoms with Crippen LogP contribution in [0.4, 0.5) is 5.69 Å². The van der Waals surface area contributed by atoms with Crippen molar-refractivity contribution in [1.82, 2.24) is 9.21 Å². The normalized spacial score (nSPS) is 20.1. The van der Waals surface area contributed by atoms with Crippen LogP contribution in [0, 0.1) is 0 Å². The number of amides is 1. The summed E-state index contributed by atoms with van der Waals surface area (Å²) in [5.74, 6) is 0.644. The summed E-state index contributed by atoms with van der Waals surface area (Å²) in [5, 5.41) is 2.82. The van der Waals surface area contributed by atoms with Gasteiger partial charge in [-0.3, -0.25) is 4.79 Å². The first-order valence-electron chi connectivity index (χ1n) is 9.08. The van der Waals surface area contributed by atoms with Gasteiger partial charge in [0.2, 0.25) is 15.9 Å². The number of rotatable bonds is 4. The smallest absolute Gasteiger partial charge is 0.243 e. The van der Waals surface area contributed by atoms with E-state index in [0.717, 1.165) is 17.7 Å². The molecule has 1 fully saturated rings. The van der Waals surface area contributed by atoms with Gasteiger partial charge in [-0.25, -0.2) is 8.42 Å². The van der Waals surface area contributed by atoms with Crippen molar-refractivity contribution in [3.63, 3.8) is 0 Å². The fourth-order valence-electron chi connectivity index (χ4n) is 3.42. The van der Waals surface area contributed by atoms with Gasteiger partial charge in [-0.15, -0.1) is 11.8 Å². The lowest BCUT2D eigenvalue weighted by Gasteiger charge is -2.38. The predicted molar refractivity (Wildman–Crippen MR) is 105 cm³/mol. The van der Waals surface area contributed by atoms with Gasteiger partial charge in [0.15, 0.2) is 0 Å². The molecule has 144 valence electrons. The number of sulfonamides is 1. The minimum atomic E-state index is -3.54. The van der Waals surface area contributed by atoms with Crippen molar-refractivity contribution < 1.29 is 13.2 Å². The first-order chi connectivity index (χ1) is 12.3. The highest BCUT2D eigenvalue weighted by molar-refractivity contribution is 7.99. The highest BCUT2D eigenvalue weighted by atomic mass is 32.2. The lowest BCUT2D eigenvalue weighted by atomic mass is 10.0. The van der Waals surface area contributed by atoms with Gasteiger partial charge in [-0.2, -0.15) is 4.31 Å². The van der Waals surface area contributed by atoms with Crippen LogP contribution in [0.3, 0.4) is 0 Å². The number of hydrogen-bond acceptors (Lipinski definition) is 5. The Hall–Kier alpha value is -1.09. The quantitative estimate of drug-likeness (QED) is 0.846. The van der Waals surface area contributed by atoms with Crippen LogP contribution in [0.1, 0.15) is 33.1 Å². The number of piperidine rings is 1. The van der Waals surface area contributed by atoms with E-state index in [9.17, 15) is 13.2 Å². The Labute approximate surface area is 160 Å². The van der Waals surface area contributed by atoms with Gasteiger partial charge in [0.1, 0.15) is 0 Å². The number of fused-ring (bicyclic) bond motifs is 1. The van der Waals surface area contributed by atoms with Crippen molar-refractivity contribution in [2.75, 3.05) is 31.2 Å². The Bertz CT molecular complexity index is 772. The molecule has 0 saturated carbocycles. The van der Waals surface area contributed by atoms with Gasteiger partial charge in [-0.05, 0) is 51.9 Å². The van der Waals surface area contributed by atoms with Crippen molar-refractivity contribution >= 4 is 33.4 Å². The summed E-state index contributed by atoms with van der Waals surface area (Å²) in [6, 6.07) is 5.94. The van der Waals surface area contributed by atoms with Crippen LogP contribution in [-0.2, 0) is 14.8 Å². The molecule has 0 aliphatic carbocycles. The Morgan fingerprint density at radius 1 is 1.27 bits per heavy atom. The second-order valence-corrected chi connectivity index (χ2v) is 10.3. The standard InChI is InChI=1S/C18H27N3O3S2/c1-13(2)20(3)14-6-9-21(10-7-14)26(23,24)15-4-5-17-16(12-15)19-18(22)8-11-25-17/h4-5,12-14H,6-11H2,1-3H3,(H,19,22). The molecule has 1 amide bonds. The van der Waals surface area contributed by atoms with E-state index in [-0.39, 0.29) is 10.8 Å². The summed E-state index contributed by atoms with van der Waals surface area (Å²) in [6.07, 6.45) is 2.12. The Morgan fingerprint density at radius 3 is 2.62 bits per heavy atom. The number of anilines is 1. The minimum Gasteiger partial charge on any atom is -0.325 e. The summed E-state index contributed by atoms with van der Waals surface area (Å²) in [7, 11) is -1.44. The molecule has 1 saturated heterocycles. The molecule has 2 heterocycles. The zero-order valence-electron chi connectivity index (χ0n) is 15.6. The van der Waals surface area contributed by atoms with E-state index in [2.05, 4.69) is 31.1 Å². The van der Waals surface area contributed by atoms with Gasteiger partial charge < -0.3 is 10.2 Å². The van der Waals surface area contributed by atoms with Crippen molar-refractivity contribution in [3.05, 3.63) is 18.2 Å². The first kappa shape index (κ1) is 19.7. The molecule has 0 radical (unpaired) electrons. The number of carbonyl (C=O) groups is 1. The summed E-state index contributed by atoms with van der Waals surface area (Å²) < 4.78 is 27.7. The maximum absolute atomic E-state index is 13.0. The van der Waals surface area contributed by atoms with E-state index < -0.39 is 10.0 Å². The Kier molecular flexibility index (Phi) is 5.96. The van der Waals surface area contributed by atoms with Crippen LogP contribution < -0.4 is 5.32 Å². The van der Waals surface area contributed by atoms with E-state index in [0.29, 0.717) is 43.0 Å². The molecule has 1 aromatic carbocycles. The van der Waals surface area contributed by atoms with Gasteiger partial charge in [0, 0.05) is 42.2 Å². The SMILES string of the molecule is CC(C)N(C)C1CCN(S(=O)(=O)c2ccc3c(c2)NC(=O)CCS3)CC1. The van der Waals surface area contributed by atoms with E-state index in [4.69, 9.17) is 0 Å². The van der Waals surface area contributed by atoms with Crippen molar-refractivity contribution in [1.29, 1.82) is 0 Å². The van der Waals surface area contributed by atoms with E-state index in [1.54, 1.807) is 34.3 Å². The lowest BCUT2D eigenvalue weighted by molar-refractivity contribution is -0.115. The molecule has 1 aromatic rings. The second-order valence-electron chi connectivity index (χ2n) is 7.20.